The van der Waals surface area contributed by atoms with E-state index in [9.17, 15) is 14.0 Å². The lowest BCUT2D eigenvalue weighted by Gasteiger charge is -2.36. The van der Waals surface area contributed by atoms with Gasteiger partial charge in [0.1, 0.15) is 11.9 Å². The number of fused-ring (bicyclic) bond motifs is 3. The number of halogens is 1. The second kappa shape index (κ2) is 8.07. The maximum Gasteiger partial charge on any atom is 0.305 e. The largest absolute Gasteiger partial charge is 0.469 e. The van der Waals surface area contributed by atoms with Crippen molar-refractivity contribution >= 4 is 22.8 Å². The average Bonchev–Trinajstić information content (AvgIpc) is 3.12. The van der Waals surface area contributed by atoms with Crippen molar-refractivity contribution in [2.45, 2.75) is 31.7 Å². The van der Waals surface area contributed by atoms with Crippen molar-refractivity contribution in [3.63, 3.8) is 0 Å². The number of rotatable bonds is 5. The highest BCUT2D eigenvalue weighted by Crippen LogP contribution is 2.39. The summed E-state index contributed by atoms with van der Waals surface area (Å²) in [4.78, 5) is 29.5. The van der Waals surface area contributed by atoms with Crippen LogP contribution >= 0.6 is 0 Å². The van der Waals surface area contributed by atoms with Gasteiger partial charge in [-0.15, -0.1) is 0 Å². The Hall–Kier alpha value is -3.15. The van der Waals surface area contributed by atoms with E-state index in [0.29, 0.717) is 24.9 Å². The molecule has 0 saturated carbocycles. The zero-order valence-electron chi connectivity index (χ0n) is 16.3. The number of amides is 1. The quantitative estimate of drug-likeness (QED) is 0.662. The van der Waals surface area contributed by atoms with Crippen LogP contribution in [0.5, 0.6) is 0 Å². The van der Waals surface area contributed by atoms with Gasteiger partial charge in [0.15, 0.2) is 0 Å². The Bertz CT molecular complexity index is 1060. The molecule has 2 heterocycles. The number of aromatic amines is 1. The first kappa shape index (κ1) is 19.2. The SMILES string of the molecule is COC(=O)CCCC(=O)N1CCc2c([nH]c3ccccc23)C1c1ccccc1F. The van der Waals surface area contributed by atoms with E-state index in [0.717, 1.165) is 22.2 Å². The minimum absolute atomic E-state index is 0.0912. The summed E-state index contributed by atoms with van der Waals surface area (Å²) < 4.78 is 19.4. The van der Waals surface area contributed by atoms with E-state index in [-0.39, 0.29) is 30.5 Å². The first-order chi connectivity index (χ1) is 14.1. The molecular formula is C23H23FN2O3. The number of carbonyl (C=O) groups excluding carboxylic acids is 2. The van der Waals surface area contributed by atoms with Crippen molar-refractivity contribution in [2.24, 2.45) is 0 Å². The molecule has 2 aromatic carbocycles. The molecule has 1 aliphatic heterocycles. The monoisotopic (exact) mass is 394 g/mol. The van der Waals surface area contributed by atoms with Gasteiger partial charge in [-0.05, 0) is 30.5 Å². The van der Waals surface area contributed by atoms with Crippen molar-refractivity contribution in [1.82, 2.24) is 9.88 Å². The van der Waals surface area contributed by atoms with E-state index < -0.39 is 6.04 Å². The smallest absolute Gasteiger partial charge is 0.305 e. The molecule has 4 rings (SSSR count). The minimum atomic E-state index is -0.516. The summed E-state index contributed by atoms with van der Waals surface area (Å²) >= 11 is 0. The number of hydrogen-bond donors (Lipinski definition) is 1. The lowest BCUT2D eigenvalue weighted by molar-refractivity contribution is -0.141. The van der Waals surface area contributed by atoms with Gasteiger partial charge in [-0.1, -0.05) is 36.4 Å². The Morgan fingerprint density at radius 1 is 1.14 bits per heavy atom. The first-order valence-corrected chi connectivity index (χ1v) is 9.80. The van der Waals surface area contributed by atoms with Gasteiger partial charge in [-0.25, -0.2) is 4.39 Å². The molecule has 0 spiro atoms. The predicted octanol–water partition coefficient (Wildman–Crippen LogP) is 4.12. The van der Waals surface area contributed by atoms with Crippen LogP contribution in [0, 0.1) is 5.82 Å². The molecule has 6 heteroatoms. The molecule has 0 saturated heterocycles. The molecule has 150 valence electrons. The minimum Gasteiger partial charge on any atom is -0.469 e. The fourth-order valence-corrected chi connectivity index (χ4v) is 4.16. The third-order valence-electron chi connectivity index (χ3n) is 5.55. The van der Waals surface area contributed by atoms with Gasteiger partial charge in [0, 0.05) is 41.5 Å². The third kappa shape index (κ3) is 3.62. The van der Waals surface area contributed by atoms with Gasteiger partial charge < -0.3 is 14.6 Å². The highest BCUT2D eigenvalue weighted by atomic mass is 19.1. The molecule has 0 bridgehead atoms. The van der Waals surface area contributed by atoms with Gasteiger partial charge in [-0.2, -0.15) is 0 Å². The van der Waals surface area contributed by atoms with E-state index in [1.54, 1.807) is 23.1 Å². The number of ether oxygens (including phenoxy) is 1. The standard InChI is InChI=1S/C23H23FN2O3/c1-29-21(28)12-6-11-20(27)26-14-13-16-15-7-3-5-10-19(15)25-22(16)23(26)17-8-2-4-9-18(17)24/h2-5,7-10,23,25H,6,11-14H2,1H3. The van der Waals surface area contributed by atoms with E-state index >= 15 is 0 Å². The number of H-pyrrole nitrogens is 1. The number of para-hydroxylation sites is 1. The molecule has 0 aliphatic carbocycles. The molecule has 1 amide bonds. The number of aromatic nitrogens is 1. The van der Waals surface area contributed by atoms with Crippen LogP contribution in [0.25, 0.3) is 10.9 Å². The van der Waals surface area contributed by atoms with E-state index in [2.05, 4.69) is 15.8 Å². The van der Waals surface area contributed by atoms with E-state index in [1.807, 2.05) is 18.2 Å². The molecule has 3 aromatic rings. The molecular weight excluding hydrogens is 371 g/mol. The Balaban J connectivity index is 1.71. The summed E-state index contributed by atoms with van der Waals surface area (Å²) in [5.41, 5.74) is 3.46. The Labute approximate surface area is 168 Å². The molecule has 0 fully saturated rings. The van der Waals surface area contributed by atoms with Crippen LogP contribution in [0.1, 0.15) is 42.1 Å². The highest BCUT2D eigenvalue weighted by Gasteiger charge is 2.35. The molecule has 1 unspecified atom stereocenters. The van der Waals surface area contributed by atoms with Gasteiger partial charge >= 0.3 is 5.97 Å². The Morgan fingerprint density at radius 2 is 1.90 bits per heavy atom. The van der Waals surface area contributed by atoms with Gasteiger partial charge in [0.2, 0.25) is 5.91 Å². The maximum absolute atomic E-state index is 14.8. The molecule has 1 aliphatic rings. The number of carbonyl (C=O) groups is 2. The summed E-state index contributed by atoms with van der Waals surface area (Å²) in [6.45, 7) is 0.505. The van der Waals surface area contributed by atoms with Crippen LogP contribution in [0.3, 0.4) is 0 Å². The van der Waals surface area contributed by atoms with Crippen LogP contribution < -0.4 is 0 Å². The van der Waals surface area contributed by atoms with Crippen LogP contribution in [0.4, 0.5) is 4.39 Å². The summed E-state index contributed by atoms with van der Waals surface area (Å²) in [6.07, 6.45) is 1.52. The van der Waals surface area contributed by atoms with Gasteiger partial charge in [-0.3, -0.25) is 9.59 Å². The average molecular weight is 394 g/mol. The van der Waals surface area contributed by atoms with Crippen LogP contribution in [-0.4, -0.2) is 35.4 Å². The van der Waals surface area contributed by atoms with E-state index in [1.165, 1.54) is 13.2 Å². The first-order valence-electron chi connectivity index (χ1n) is 9.80. The topological polar surface area (TPSA) is 62.4 Å². The fraction of sp³-hybridized carbons (Fsp3) is 0.304. The zero-order chi connectivity index (χ0) is 20.4. The summed E-state index contributed by atoms with van der Waals surface area (Å²) in [5.74, 6) is -0.761. The van der Waals surface area contributed by atoms with Gasteiger partial charge in [0.05, 0.1) is 7.11 Å². The second-order valence-corrected chi connectivity index (χ2v) is 7.25. The van der Waals surface area contributed by atoms with Crippen LogP contribution in [0.15, 0.2) is 48.5 Å². The lowest BCUT2D eigenvalue weighted by Crippen LogP contribution is -2.41. The van der Waals surface area contributed by atoms with Crippen molar-refractivity contribution in [1.29, 1.82) is 0 Å². The molecule has 0 radical (unpaired) electrons. The maximum atomic E-state index is 14.8. The normalized spacial score (nSPS) is 15.9. The molecule has 1 N–H and O–H groups in total. The molecule has 1 atom stereocenters. The summed E-state index contributed by atoms with van der Waals surface area (Å²) in [7, 11) is 1.33. The fourth-order valence-electron chi connectivity index (χ4n) is 4.16. The lowest BCUT2D eigenvalue weighted by atomic mass is 9.91. The van der Waals surface area contributed by atoms with E-state index in [4.69, 9.17) is 0 Å². The molecule has 5 nitrogen and oxygen atoms in total. The van der Waals surface area contributed by atoms with Crippen molar-refractivity contribution in [3.8, 4) is 0 Å². The number of benzene rings is 2. The summed E-state index contributed by atoms with van der Waals surface area (Å²) in [5, 5.41) is 1.11. The third-order valence-corrected chi connectivity index (χ3v) is 5.55. The van der Waals surface area contributed by atoms with Crippen LogP contribution in [0.2, 0.25) is 0 Å². The number of nitrogens with one attached hydrogen (secondary N) is 1. The summed E-state index contributed by atoms with van der Waals surface area (Å²) in [6, 6.07) is 14.1. The van der Waals surface area contributed by atoms with Gasteiger partial charge in [0.25, 0.3) is 0 Å². The molecule has 29 heavy (non-hydrogen) atoms. The Morgan fingerprint density at radius 3 is 2.69 bits per heavy atom. The Kier molecular flexibility index (Phi) is 5.34. The number of nitrogens with zero attached hydrogens (tertiary/aromatic N) is 1. The zero-order valence-corrected chi connectivity index (χ0v) is 16.3. The highest BCUT2D eigenvalue weighted by molar-refractivity contribution is 5.86. The number of esters is 1. The second-order valence-electron chi connectivity index (χ2n) is 7.25. The molecule has 1 aromatic heterocycles. The van der Waals surface area contributed by atoms with Crippen molar-refractivity contribution < 1.29 is 18.7 Å². The number of methoxy groups -OCH3 is 1. The van der Waals surface area contributed by atoms with Crippen molar-refractivity contribution in [3.05, 3.63) is 71.2 Å². The predicted molar refractivity (Wildman–Crippen MR) is 108 cm³/mol. The van der Waals surface area contributed by atoms with Crippen molar-refractivity contribution in [2.75, 3.05) is 13.7 Å². The van der Waals surface area contributed by atoms with Crippen LogP contribution in [-0.2, 0) is 20.7 Å². The number of hydrogen-bond acceptors (Lipinski definition) is 3.